The molecule has 72 heavy (non-hydrogen) atoms. The van der Waals surface area contributed by atoms with E-state index in [0.717, 1.165) is 124 Å². The molecule has 16 heteroatoms. The molecule has 0 amide bonds. The average Bonchev–Trinajstić information content (AvgIpc) is 4.09. The third kappa shape index (κ3) is 11.7. The first-order chi connectivity index (χ1) is 34.8. The van der Waals surface area contributed by atoms with Gasteiger partial charge in [0.05, 0.1) is 62.9 Å². The zero-order valence-electron chi connectivity index (χ0n) is 42.3. The normalized spacial score (nSPS) is 11.6. The standard InChI is InChI=1S/C56H63IN8O6.Pb/c1-7-13-21-66-43-28-37-38(29-44(43)67-22-14-8-2)53-61-51(37)59-49-35-20-19-34(57)27-36(35)50(58-49)60-52-39-30-45(68-23-15-9-3)46(69-24-16-10-4)31-40(39)54(62-52)64-56-42-33-48(71-26-18-12-6)47(70-25-17-11-5)32-41(42)55(63-53)65-56;/h19-20,27-33H,7-18,21-26H2,1-6H3;/q-2;+2. The number of hydrogen-bond acceptors (Lipinski definition) is 12. The fourth-order valence-corrected chi connectivity index (χ4v) is 8.78. The summed E-state index contributed by atoms with van der Waals surface area (Å²) in [4.78, 5) is 41.9. The number of halogens is 1. The van der Waals surface area contributed by atoms with Crippen molar-refractivity contribution in [3.05, 3.63) is 58.2 Å². The molecule has 0 N–H and O–H groups in total. The Labute approximate surface area is 455 Å². The van der Waals surface area contributed by atoms with E-state index >= 15 is 0 Å². The molecule has 2 aliphatic rings. The molecule has 374 valence electrons. The van der Waals surface area contributed by atoms with Gasteiger partial charge in [-0.3, -0.25) is 0 Å². The first-order valence-electron chi connectivity index (χ1n) is 25.7. The molecular weight excluding hydrogens is 1210 g/mol. The van der Waals surface area contributed by atoms with Crippen molar-refractivity contribution in [2.45, 2.75) is 119 Å². The van der Waals surface area contributed by atoms with Crippen LogP contribution in [0.3, 0.4) is 0 Å². The van der Waals surface area contributed by atoms with Crippen LogP contribution >= 0.6 is 22.6 Å². The largest absolute Gasteiger partial charge is 2.00 e. The molecule has 2 aliphatic heterocycles. The molecule has 14 nitrogen and oxygen atoms in total. The van der Waals surface area contributed by atoms with E-state index in [0.29, 0.717) is 120 Å². The number of rotatable bonds is 24. The molecule has 3 aromatic heterocycles. The van der Waals surface area contributed by atoms with Gasteiger partial charge >= 0.3 is 27.3 Å². The Hall–Kier alpha value is -5.31. The van der Waals surface area contributed by atoms with E-state index < -0.39 is 0 Å². The van der Waals surface area contributed by atoms with Crippen molar-refractivity contribution in [3.8, 4) is 80.0 Å². The van der Waals surface area contributed by atoms with Crippen molar-refractivity contribution in [1.29, 1.82) is 0 Å². The fourth-order valence-electron chi connectivity index (χ4n) is 8.29. The molecule has 0 aliphatic carbocycles. The Kier molecular flexibility index (Phi) is 18.5. The number of ether oxygens (including phenoxy) is 6. The number of benzene rings is 4. The molecule has 7 aromatic rings. The van der Waals surface area contributed by atoms with E-state index in [2.05, 4.69) is 70.2 Å². The smallest absolute Gasteiger partial charge is 0.490 e. The third-order valence-corrected chi connectivity index (χ3v) is 13.1. The van der Waals surface area contributed by atoms with Crippen LogP contribution in [-0.2, 0) is 0 Å². The van der Waals surface area contributed by atoms with Crippen LogP contribution in [0, 0.1) is 3.57 Å². The van der Waals surface area contributed by atoms with Crippen molar-refractivity contribution in [2.24, 2.45) is 0 Å². The monoisotopic (exact) mass is 1280 g/mol. The van der Waals surface area contributed by atoms with Crippen molar-refractivity contribution >= 4 is 94.0 Å². The molecule has 4 aromatic carbocycles. The van der Waals surface area contributed by atoms with Crippen LogP contribution in [0.4, 0.5) is 0 Å². The summed E-state index contributed by atoms with van der Waals surface area (Å²) < 4.78 is 39.7. The summed E-state index contributed by atoms with van der Waals surface area (Å²) >= 11 is 2.32. The molecule has 0 unspecified atom stereocenters. The van der Waals surface area contributed by atoms with Gasteiger partial charge in [-0.05, 0) is 131 Å². The number of fused-ring (bicyclic) bond motifs is 20. The number of hydrogen-bond donors (Lipinski definition) is 0. The summed E-state index contributed by atoms with van der Waals surface area (Å²) in [7, 11) is 0. The summed E-state index contributed by atoms with van der Waals surface area (Å²) in [5.41, 5.74) is 4.75. The van der Waals surface area contributed by atoms with Crippen LogP contribution in [0.2, 0.25) is 0 Å². The Morgan fingerprint density at radius 3 is 0.903 bits per heavy atom. The topological polar surface area (TPSA) is 161 Å². The molecule has 0 saturated heterocycles. The zero-order chi connectivity index (χ0) is 49.3. The van der Waals surface area contributed by atoms with Gasteiger partial charge in [-0.1, -0.05) is 86.1 Å². The van der Waals surface area contributed by atoms with Gasteiger partial charge in [0, 0.05) is 48.4 Å². The maximum atomic E-state index is 6.47. The molecule has 0 saturated carbocycles. The van der Waals surface area contributed by atoms with Gasteiger partial charge < -0.3 is 58.3 Å². The Balaban J connectivity index is 0.00000693. The molecule has 0 fully saturated rings. The summed E-state index contributed by atoms with van der Waals surface area (Å²) in [5.74, 6) is 5.44. The van der Waals surface area contributed by atoms with Crippen LogP contribution in [0.15, 0.2) is 54.6 Å². The molecule has 0 spiro atoms. The summed E-state index contributed by atoms with van der Waals surface area (Å²) in [6, 6.07) is 18.0. The van der Waals surface area contributed by atoms with Crippen molar-refractivity contribution < 1.29 is 28.4 Å². The van der Waals surface area contributed by atoms with Crippen LogP contribution in [0.5, 0.6) is 34.5 Å². The molecular formula is C56H63IN8O6Pb. The molecule has 5 heterocycles. The molecule has 8 bridgehead atoms. The minimum absolute atomic E-state index is 0. The van der Waals surface area contributed by atoms with Gasteiger partial charge in [0.2, 0.25) is 0 Å². The predicted octanol–water partition coefficient (Wildman–Crippen LogP) is 13.4. The van der Waals surface area contributed by atoms with Gasteiger partial charge in [-0.2, -0.15) is 0 Å². The maximum Gasteiger partial charge on any atom is 2.00 e. The Bertz CT molecular complexity index is 3200. The van der Waals surface area contributed by atoms with Gasteiger partial charge in [0.25, 0.3) is 0 Å². The minimum Gasteiger partial charge on any atom is -0.490 e. The predicted molar refractivity (Wildman–Crippen MR) is 295 cm³/mol. The van der Waals surface area contributed by atoms with Crippen molar-refractivity contribution in [3.63, 3.8) is 0 Å². The summed E-state index contributed by atoms with van der Waals surface area (Å²) in [6.07, 6.45) is 11.3. The number of nitrogens with zero attached hydrogens (tertiary/aromatic N) is 8. The fraction of sp³-hybridized carbons (Fsp3) is 0.429. The zero-order valence-corrected chi connectivity index (χ0v) is 48.4. The molecule has 2 radical (unpaired) electrons. The van der Waals surface area contributed by atoms with E-state index in [1.165, 1.54) is 0 Å². The van der Waals surface area contributed by atoms with E-state index in [1.54, 1.807) is 0 Å². The number of aromatic nitrogens is 8. The Morgan fingerprint density at radius 2 is 0.611 bits per heavy atom. The van der Waals surface area contributed by atoms with Gasteiger partial charge in [-0.25, -0.2) is 9.97 Å². The third-order valence-electron chi connectivity index (χ3n) is 12.4. The second-order valence-electron chi connectivity index (χ2n) is 17.9. The quantitative estimate of drug-likeness (QED) is 0.0319. The number of unbranched alkanes of at least 4 members (excludes halogenated alkanes) is 6. The van der Waals surface area contributed by atoms with Crippen molar-refractivity contribution in [2.75, 3.05) is 39.6 Å². The second kappa shape index (κ2) is 25.1. The summed E-state index contributed by atoms with van der Waals surface area (Å²) in [5, 5.41) is 2.93. The first kappa shape index (κ1) is 53.0. The van der Waals surface area contributed by atoms with E-state index in [-0.39, 0.29) is 27.3 Å². The SMILES string of the molecule is CCCCOc1cc2c(cc1OCCCC)-c1nc-2nc2[n-]c(nc3nc(nc4[n-]c(n1)c1cc(OCCCC)c(OCCCC)cc41)-c1cc(I)ccc1-3)c1cc(OCCCC)c(OCCCC)cc21.[Pb+2]. The molecule has 9 rings (SSSR count). The van der Waals surface area contributed by atoms with E-state index in [4.69, 9.17) is 68.3 Å². The second-order valence-corrected chi connectivity index (χ2v) is 19.2. The van der Waals surface area contributed by atoms with Crippen molar-refractivity contribution in [1.82, 2.24) is 39.9 Å². The van der Waals surface area contributed by atoms with Gasteiger partial charge in [0.15, 0.2) is 34.5 Å². The van der Waals surface area contributed by atoms with E-state index in [9.17, 15) is 0 Å². The van der Waals surface area contributed by atoms with Gasteiger partial charge in [0.1, 0.15) is 0 Å². The van der Waals surface area contributed by atoms with E-state index in [1.807, 2.05) is 48.5 Å². The van der Waals surface area contributed by atoms with Crippen LogP contribution in [0.25, 0.3) is 89.7 Å². The first-order valence-corrected chi connectivity index (χ1v) is 26.7. The van der Waals surface area contributed by atoms with Crippen LogP contribution < -0.4 is 38.4 Å². The van der Waals surface area contributed by atoms with Gasteiger partial charge in [-0.15, -0.1) is 0 Å². The molecule has 0 atom stereocenters. The van der Waals surface area contributed by atoms with Crippen LogP contribution in [-0.4, -0.2) is 96.8 Å². The maximum absolute atomic E-state index is 6.47. The Morgan fingerprint density at radius 1 is 0.347 bits per heavy atom. The van der Waals surface area contributed by atoms with Crippen LogP contribution in [0.1, 0.15) is 119 Å². The summed E-state index contributed by atoms with van der Waals surface area (Å²) in [6.45, 7) is 16.1. The minimum atomic E-state index is 0. The average molecular weight is 1280 g/mol.